The second kappa shape index (κ2) is 8.67. The quantitative estimate of drug-likeness (QED) is 0.773. The number of hydrogen-bond acceptors (Lipinski definition) is 3. The van der Waals surface area contributed by atoms with Gasteiger partial charge in [0.1, 0.15) is 0 Å². The van der Waals surface area contributed by atoms with E-state index in [1.807, 2.05) is 71.0 Å². The van der Waals surface area contributed by atoms with Crippen molar-refractivity contribution in [2.24, 2.45) is 0 Å². The molecule has 1 N–H and O–H groups in total. The molecule has 2 aromatic rings. The van der Waals surface area contributed by atoms with Gasteiger partial charge in [0.05, 0.1) is 11.4 Å². The Morgan fingerprint density at radius 3 is 1.93 bits per heavy atom. The molecule has 29 heavy (non-hydrogen) atoms. The number of carbonyl (C=O) groups excluding carboxylic acids is 1. The molecule has 0 bridgehead atoms. The minimum atomic E-state index is -3.87. The summed E-state index contributed by atoms with van der Waals surface area (Å²) in [5.41, 5.74) is 3.88. The van der Waals surface area contributed by atoms with Crippen LogP contribution in [-0.4, -0.2) is 30.7 Å². The normalized spacial score (nSPS) is 12.3. The summed E-state index contributed by atoms with van der Waals surface area (Å²) in [5.74, 6) is -0.324. The summed E-state index contributed by atoms with van der Waals surface area (Å²) in [6.07, 6.45) is 0. The first-order chi connectivity index (χ1) is 13.3. The van der Waals surface area contributed by atoms with E-state index in [9.17, 15) is 13.2 Å². The van der Waals surface area contributed by atoms with Crippen molar-refractivity contribution in [3.05, 3.63) is 64.2 Å². The highest BCUT2D eigenvalue weighted by molar-refractivity contribution is 7.89. The summed E-state index contributed by atoms with van der Waals surface area (Å²) in [6, 6.07) is 11.4. The van der Waals surface area contributed by atoms with Crippen molar-refractivity contribution in [2.75, 3.05) is 6.54 Å². The SMILES string of the molecule is Cc1ccc(CN(CC(=O)NC(C)(C)C)S(=O)(=O)c2c(C)cc(C)cc2C)cc1. The van der Waals surface area contributed by atoms with E-state index < -0.39 is 15.6 Å². The molecule has 0 aliphatic heterocycles. The zero-order valence-corrected chi connectivity index (χ0v) is 19.3. The topological polar surface area (TPSA) is 66.5 Å². The monoisotopic (exact) mass is 416 g/mol. The largest absolute Gasteiger partial charge is 0.350 e. The number of rotatable bonds is 6. The van der Waals surface area contributed by atoms with Gasteiger partial charge in [0.25, 0.3) is 0 Å². The van der Waals surface area contributed by atoms with E-state index in [1.165, 1.54) is 4.31 Å². The average molecular weight is 417 g/mol. The molecule has 2 aromatic carbocycles. The smallest absolute Gasteiger partial charge is 0.244 e. The van der Waals surface area contributed by atoms with E-state index in [-0.39, 0.29) is 23.9 Å². The zero-order chi connectivity index (χ0) is 22.0. The van der Waals surface area contributed by atoms with E-state index in [2.05, 4.69) is 5.32 Å². The van der Waals surface area contributed by atoms with Crippen LogP contribution in [0.2, 0.25) is 0 Å². The second-order valence-electron chi connectivity index (χ2n) is 8.78. The number of sulfonamides is 1. The Bertz CT molecular complexity index is 965. The van der Waals surface area contributed by atoms with Gasteiger partial charge in [-0.25, -0.2) is 8.42 Å². The highest BCUT2D eigenvalue weighted by Gasteiger charge is 2.30. The maximum atomic E-state index is 13.6. The molecule has 0 fully saturated rings. The Balaban J connectivity index is 2.47. The van der Waals surface area contributed by atoms with Crippen molar-refractivity contribution in [2.45, 2.75) is 65.4 Å². The van der Waals surface area contributed by atoms with Crippen LogP contribution in [0, 0.1) is 27.7 Å². The Hall–Kier alpha value is -2.18. The number of amides is 1. The van der Waals surface area contributed by atoms with Gasteiger partial charge in [-0.1, -0.05) is 47.5 Å². The lowest BCUT2D eigenvalue weighted by molar-refractivity contribution is -0.122. The Kier molecular flexibility index (Phi) is 6.91. The van der Waals surface area contributed by atoms with Gasteiger partial charge in [0.2, 0.25) is 15.9 Å². The molecular formula is C23H32N2O3S. The lowest BCUT2D eigenvalue weighted by atomic mass is 10.1. The van der Waals surface area contributed by atoms with Crippen LogP contribution in [0.5, 0.6) is 0 Å². The van der Waals surface area contributed by atoms with Gasteiger partial charge in [-0.3, -0.25) is 4.79 Å². The zero-order valence-electron chi connectivity index (χ0n) is 18.5. The fourth-order valence-electron chi connectivity index (χ4n) is 3.44. The van der Waals surface area contributed by atoms with Gasteiger partial charge in [0.15, 0.2) is 0 Å². The molecule has 0 radical (unpaired) electrons. The van der Waals surface area contributed by atoms with E-state index >= 15 is 0 Å². The minimum Gasteiger partial charge on any atom is -0.350 e. The Morgan fingerprint density at radius 1 is 0.931 bits per heavy atom. The van der Waals surface area contributed by atoms with Crippen LogP contribution in [0.4, 0.5) is 0 Å². The molecule has 1 amide bonds. The number of hydrogen-bond donors (Lipinski definition) is 1. The highest BCUT2D eigenvalue weighted by Crippen LogP contribution is 2.26. The predicted octanol–water partition coefficient (Wildman–Crippen LogP) is 4.03. The molecule has 5 nitrogen and oxygen atoms in total. The van der Waals surface area contributed by atoms with Gasteiger partial charge >= 0.3 is 0 Å². The second-order valence-corrected chi connectivity index (χ2v) is 10.7. The Labute approximate surface area is 175 Å². The fraction of sp³-hybridized carbons (Fsp3) is 0.435. The lowest BCUT2D eigenvalue weighted by Crippen LogP contribution is -2.47. The summed E-state index contributed by atoms with van der Waals surface area (Å²) in [7, 11) is -3.87. The first-order valence-corrected chi connectivity index (χ1v) is 11.2. The van der Waals surface area contributed by atoms with Crippen molar-refractivity contribution in [1.29, 1.82) is 0 Å². The van der Waals surface area contributed by atoms with Crippen LogP contribution in [0.1, 0.15) is 48.6 Å². The lowest BCUT2D eigenvalue weighted by Gasteiger charge is -2.27. The molecule has 0 aliphatic rings. The number of nitrogens with one attached hydrogen (secondary N) is 1. The Morgan fingerprint density at radius 2 is 1.45 bits per heavy atom. The summed E-state index contributed by atoms with van der Waals surface area (Å²) in [5, 5.41) is 2.86. The number of benzene rings is 2. The molecule has 158 valence electrons. The number of carbonyl (C=O) groups is 1. The van der Waals surface area contributed by atoms with Crippen molar-refractivity contribution >= 4 is 15.9 Å². The van der Waals surface area contributed by atoms with E-state index in [4.69, 9.17) is 0 Å². The first kappa shape index (κ1) is 23.1. The van der Waals surface area contributed by atoms with Crippen molar-refractivity contribution < 1.29 is 13.2 Å². The maximum absolute atomic E-state index is 13.6. The van der Waals surface area contributed by atoms with Gasteiger partial charge in [-0.2, -0.15) is 4.31 Å². The third-order valence-electron chi connectivity index (χ3n) is 4.52. The summed E-state index contributed by atoms with van der Waals surface area (Å²) < 4.78 is 28.5. The summed E-state index contributed by atoms with van der Waals surface area (Å²) >= 11 is 0. The van der Waals surface area contributed by atoms with E-state index in [1.54, 1.807) is 13.8 Å². The van der Waals surface area contributed by atoms with Crippen LogP contribution in [0.25, 0.3) is 0 Å². The molecule has 6 heteroatoms. The molecular weight excluding hydrogens is 384 g/mol. The van der Waals surface area contributed by atoms with Crippen molar-refractivity contribution in [3.8, 4) is 0 Å². The average Bonchev–Trinajstić information content (AvgIpc) is 2.53. The maximum Gasteiger partial charge on any atom is 0.244 e. The molecule has 0 heterocycles. The summed E-state index contributed by atoms with van der Waals surface area (Å²) in [6.45, 7) is 13.0. The van der Waals surface area contributed by atoms with Crippen LogP contribution in [0.15, 0.2) is 41.3 Å². The third-order valence-corrected chi connectivity index (χ3v) is 6.61. The summed E-state index contributed by atoms with van der Waals surface area (Å²) in [4.78, 5) is 12.9. The van der Waals surface area contributed by atoms with Crippen molar-refractivity contribution in [3.63, 3.8) is 0 Å². The molecule has 0 aromatic heterocycles. The molecule has 0 saturated carbocycles. The predicted molar refractivity (Wildman–Crippen MR) is 117 cm³/mol. The van der Waals surface area contributed by atoms with Crippen LogP contribution < -0.4 is 5.32 Å². The van der Waals surface area contributed by atoms with E-state index in [0.717, 1.165) is 16.7 Å². The van der Waals surface area contributed by atoms with Gasteiger partial charge in [-0.15, -0.1) is 0 Å². The van der Waals surface area contributed by atoms with Gasteiger partial charge in [-0.05, 0) is 65.2 Å². The molecule has 0 unspecified atom stereocenters. The third kappa shape index (κ3) is 6.15. The van der Waals surface area contributed by atoms with Crippen LogP contribution in [0.3, 0.4) is 0 Å². The number of nitrogens with zero attached hydrogens (tertiary/aromatic N) is 1. The van der Waals surface area contributed by atoms with Gasteiger partial charge < -0.3 is 5.32 Å². The standard InChI is InChI=1S/C23H32N2O3S/c1-16-8-10-20(11-9-16)14-25(15-21(26)24-23(5,6)7)29(27,28)22-18(3)12-17(2)13-19(22)4/h8-13H,14-15H2,1-7H3,(H,24,26). The molecule has 0 saturated heterocycles. The molecule has 2 rings (SSSR count). The first-order valence-electron chi connectivity index (χ1n) is 9.74. The van der Waals surface area contributed by atoms with Crippen LogP contribution >= 0.6 is 0 Å². The molecule has 0 atom stereocenters. The van der Waals surface area contributed by atoms with Crippen LogP contribution in [-0.2, 0) is 21.4 Å². The number of aryl methyl sites for hydroxylation is 4. The molecule has 0 aliphatic carbocycles. The fourth-order valence-corrected chi connectivity index (χ4v) is 5.24. The molecule has 0 spiro atoms. The highest BCUT2D eigenvalue weighted by atomic mass is 32.2. The minimum absolute atomic E-state index is 0.132. The van der Waals surface area contributed by atoms with E-state index in [0.29, 0.717) is 11.1 Å². The van der Waals surface area contributed by atoms with Gasteiger partial charge in [0, 0.05) is 12.1 Å². The van der Waals surface area contributed by atoms with Crippen molar-refractivity contribution in [1.82, 2.24) is 9.62 Å².